The molecule has 1 aliphatic rings. The molecule has 0 heterocycles. The lowest BCUT2D eigenvalue weighted by Gasteiger charge is -2.27. The molecule has 2 nitrogen and oxygen atoms in total. The Morgan fingerprint density at radius 3 is 2.42 bits per heavy atom. The Balaban J connectivity index is 1.89. The Hall–Kier alpha value is -0.860. The Kier molecular flexibility index (Phi) is 5.00. The van der Waals surface area contributed by atoms with E-state index in [1.54, 1.807) is 0 Å². The maximum absolute atomic E-state index is 10.3. The predicted molar refractivity (Wildman–Crippen MR) is 80.2 cm³/mol. The molecule has 1 aliphatic carbocycles. The van der Waals surface area contributed by atoms with E-state index in [2.05, 4.69) is 50.1 Å². The highest BCUT2D eigenvalue weighted by Gasteiger charge is 2.31. The predicted octanol–water partition coefficient (Wildman–Crippen LogP) is 3.40. The van der Waals surface area contributed by atoms with Gasteiger partial charge in [0.05, 0.1) is 6.10 Å². The second-order valence-corrected chi connectivity index (χ2v) is 6.02. The normalized spacial score (nSPS) is 18.6. The molecular weight excluding hydrogens is 234 g/mol. The van der Waals surface area contributed by atoms with Crippen LogP contribution in [0.3, 0.4) is 0 Å². The smallest absolute Gasteiger partial charge is 0.0916 e. The van der Waals surface area contributed by atoms with Gasteiger partial charge in [0.1, 0.15) is 0 Å². The molecule has 0 aromatic heterocycles. The van der Waals surface area contributed by atoms with E-state index < -0.39 is 0 Å². The van der Waals surface area contributed by atoms with E-state index in [-0.39, 0.29) is 6.10 Å². The minimum absolute atomic E-state index is 0.373. The second kappa shape index (κ2) is 6.53. The van der Waals surface area contributed by atoms with Gasteiger partial charge in [-0.15, -0.1) is 0 Å². The number of aliphatic hydroxyl groups is 1. The zero-order valence-corrected chi connectivity index (χ0v) is 12.5. The minimum atomic E-state index is -0.373. The standard InChI is InChI=1S/C17H27NO/c1-4-5-14-6-8-16(9-7-14)17(19)12-18(3)13(2)15-10-11-15/h6-9,13,15,17,19H,4-5,10-12H2,1-3H3. The summed E-state index contributed by atoms with van der Waals surface area (Å²) in [5, 5.41) is 10.3. The van der Waals surface area contributed by atoms with Crippen molar-refractivity contribution in [2.75, 3.05) is 13.6 Å². The number of nitrogens with zero attached hydrogens (tertiary/aromatic N) is 1. The van der Waals surface area contributed by atoms with Gasteiger partial charge in [-0.3, -0.25) is 0 Å². The Labute approximate surface area is 117 Å². The Morgan fingerprint density at radius 1 is 1.26 bits per heavy atom. The number of aliphatic hydroxyl groups excluding tert-OH is 1. The van der Waals surface area contributed by atoms with Gasteiger partial charge < -0.3 is 10.0 Å². The average molecular weight is 261 g/mol. The van der Waals surface area contributed by atoms with E-state index in [0.717, 1.165) is 24.4 Å². The molecule has 1 N–H and O–H groups in total. The van der Waals surface area contributed by atoms with Crippen LogP contribution in [0.25, 0.3) is 0 Å². The highest BCUT2D eigenvalue weighted by molar-refractivity contribution is 5.24. The first-order valence-electron chi connectivity index (χ1n) is 7.59. The first-order valence-corrected chi connectivity index (χ1v) is 7.59. The largest absolute Gasteiger partial charge is 0.387 e. The van der Waals surface area contributed by atoms with Gasteiger partial charge in [0.15, 0.2) is 0 Å². The summed E-state index contributed by atoms with van der Waals surface area (Å²) in [6, 6.07) is 9.03. The molecule has 1 aromatic carbocycles. The lowest BCUT2D eigenvalue weighted by atomic mass is 10.0. The van der Waals surface area contributed by atoms with E-state index in [4.69, 9.17) is 0 Å². The van der Waals surface area contributed by atoms with Crippen molar-refractivity contribution >= 4 is 0 Å². The fourth-order valence-electron chi connectivity index (χ4n) is 2.68. The van der Waals surface area contributed by atoms with Gasteiger partial charge in [-0.1, -0.05) is 37.6 Å². The molecule has 2 heteroatoms. The Morgan fingerprint density at radius 2 is 1.89 bits per heavy atom. The molecule has 0 saturated heterocycles. The van der Waals surface area contributed by atoms with Crippen LogP contribution in [-0.2, 0) is 6.42 Å². The molecule has 2 rings (SSSR count). The molecule has 0 bridgehead atoms. The lowest BCUT2D eigenvalue weighted by molar-refractivity contribution is 0.103. The summed E-state index contributed by atoms with van der Waals surface area (Å²) >= 11 is 0. The molecule has 1 aromatic rings. The van der Waals surface area contributed by atoms with Crippen molar-refractivity contribution in [1.29, 1.82) is 0 Å². The molecule has 2 atom stereocenters. The van der Waals surface area contributed by atoms with Crippen molar-refractivity contribution in [3.05, 3.63) is 35.4 Å². The summed E-state index contributed by atoms with van der Waals surface area (Å²) in [7, 11) is 2.12. The van der Waals surface area contributed by atoms with Crippen molar-refractivity contribution < 1.29 is 5.11 Å². The highest BCUT2D eigenvalue weighted by Crippen LogP contribution is 2.35. The molecule has 0 amide bonds. The molecule has 2 unspecified atom stereocenters. The van der Waals surface area contributed by atoms with Crippen LogP contribution in [0.5, 0.6) is 0 Å². The SMILES string of the molecule is CCCc1ccc(C(O)CN(C)C(C)C2CC2)cc1. The molecule has 1 fully saturated rings. The molecule has 0 aliphatic heterocycles. The van der Waals surface area contributed by atoms with Gasteiger partial charge in [0.25, 0.3) is 0 Å². The summed E-state index contributed by atoms with van der Waals surface area (Å²) in [6.07, 6.45) is 4.63. The molecule has 106 valence electrons. The van der Waals surface area contributed by atoms with Gasteiger partial charge >= 0.3 is 0 Å². The summed E-state index contributed by atoms with van der Waals surface area (Å²) in [5.74, 6) is 0.851. The monoisotopic (exact) mass is 261 g/mol. The zero-order valence-electron chi connectivity index (χ0n) is 12.5. The number of rotatable bonds is 7. The van der Waals surface area contributed by atoms with Gasteiger partial charge in [0, 0.05) is 12.6 Å². The third-order valence-electron chi connectivity index (χ3n) is 4.36. The summed E-state index contributed by atoms with van der Waals surface area (Å²) in [5.41, 5.74) is 2.40. The third kappa shape index (κ3) is 4.05. The summed E-state index contributed by atoms with van der Waals surface area (Å²) in [6.45, 7) is 5.19. The highest BCUT2D eigenvalue weighted by atomic mass is 16.3. The Bertz CT molecular complexity index is 383. The maximum atomic E-state index is 10.3. The molecule has 0 radical (unpaired) electrons. The third-order valence-corrected chi connectivity index (χ3v) is 4.36. The van der Waals surface area contributed by atoms with Crippen LogP contribution >= 0.6 is 0 Å². The fraction of sp³-hybridized carbons (Fsp3) is 0.647. The number of hydrogen-bond donors (Lipinski definition) is 1. The van der Waals surface area contributed by atoms with E-state index >= 15 is 0 Å². The maximum Gasteiger partial charge on any atom is 0.0916 e. The summed E-state index contributed by atoms with van der Waals surface area (Å²) < 4.78 is 0. The topological polar surface area (TPSA) is 23.5 Å². The van der Waals surface area contributed by atoms with Gasteiger partial charge in [-0.05, 0) is 50.3 Å². The van der Waals surface area contributed by atoms with Crippen LogP contribution in [0.15, 0.2) is 24.3 Å². The number of benzene rings is 1. The second-order valence-electron chi connectivity index (χ2n) is 6.02. The quantitative estimate of drug-likeness (QED) is 0.813. The lowest BCUT2D eigenvalue weighted by Crippen LogP contribution is -2.34. The first-order chi connectivity index (χ1) is 9.11. The molecule has 1 saturated carbocycles. The van der Waals surface area contributed by atoms with E-state index in [1.807, 2.05) is 0 Å². The van der Waals surface area contributed by atoms with Crippen LogP contribution < -0.4 is 0 Å². The van der Waals surface area contributed by atoms with Crippen LogP contribution in [0.1, 0.15) is 50.3 Å². The summed E-state index contributed by atoms with van der Waals surface area (Å²) in [4.78, 5) is 2.29. The van der Waals surface area contributed by atoms with Crippen molar-refractivity contribution in [2.45, 2.75) is 51.7 Å². The molecule has 19 heavy (non-hydrogen) atoms. The van der Waals surface area contributed by atoms with Crippen LogP contribution in [-0.4, -0.2) is 29.6 Å². The van der Waals surface area contributed by atoms with Crippen molar-refractivity contribution in [3.63, 3.8) is 0 Å². The van der Waals surface area contributed by atoms with Crippen molar-refractivity contribution in [2.24, 2.45) is 5.92 Å². The van der Waals surface area contributed by atoms with Crippen molar-refractivity contribution in [3.8, 4) is 0 Å². The molecular formula is C17H27NO. The minimum Gasteiger partial charge on any atom is -0.387 e. The number of likely N-dealkylation sites (N-methyl/N-ethyl adjacent to an activating group) is 1. The van der Waals surface area contributed by atoms with E-state index in [0.29, 0.717) is 6.04 Å². The van der Waals surface area contributed by atoms with Gasteiger partial charge in [0.2, 0.25) is 0 Å². The first kappa shape index (κ1) is 14.5. The fourth-order valence-corrected chi connectivity index (χ4v) is 2.68. The van der Waals surface area contributed by atoms with E-state index in [1.165, 1.54) is 24.8 Å². The van der Waals surface area contributed by atoms with Crippen LogP contribution in [0.4, 0.5) is 0 Å². The molecule has 0 spiro atoms. The van der Waals surface area contributed by atoms with Crippen LogP contribution in [0.2, 0.25) is 0 Å². The number of hydrogen-bond acceptors (Lipinski definition) is 2. The van der Waals surface area contributed by atoms with Gasteiger partial charge in [-0.25, -0.2) is 0 Å². The zero-order chi connectivity index (χ0) is 13.8. The van der Waals surface area contributed by atoms with Crippen LogP contribution in [0, 0.1) is 5.92 Å². The number of aryl methyl sites for hydroxylation is 1. The van der Waals surface area contributed by atoms with E-state index in [9.17, 15) is 5.11 Å². The average Bonchev–Trinajstić information content (AvgIpc) is 3.23. The van der Waals surface area contributed by atoms with Gasteiger partial charge in [-0.2, -0.15) is 0 Å². The van der Waals surface area contributed by atoms with Crippen molar-refractivity contribution in [1.82, 2.24) is 4.90 Å².